The molecule has 0 fully saturated rings. The summed E-state index contributed by atoms with van der Waals surface area (Å²) >= 11 is 5.73. The number of aryl methyl sites for hydroxylation is 1. The minimum Gasteiger partial charge on any atom is -0.340 e. The maximum Gasteiger partial charge on any atom is 0.416 e. The Morgan fingerprint density at radius 1 is 1.29 bits per heavy atom. The molecule has 1 heterocycles. The Morgan fingerprint density at radius 2 is 2.00 bits per heavy atom. The SMILES string of the molecule is Cc1nc(Cl)nc(Nc2cccc(C(F)(F)F)c2)c1C=N. The lowest BCUT2D eigenvalue weighted by Gasteiger charge is -2.12. The van der Waals surface area contributed by atoms with Crippen molar-refractivity contribution in [2.75, 3.05) is 5.32 Å². The Hall–Kier alpha value is -2.15. The first-order valence-electron chi connectivity index (χ1n) is 5.80. The first-order chi connectivity index (χ1) is 9.81. The molecule has 110 valence electrons. The van der Waals surface area contributed by atoms with Crippen LogP contribution in [0.3, 0.4) is 0 Å². The standard InChI is InChI=1S/C13H10ClF3N4/c1-7-10(6-18)11(21-12(14)19-7)20-9-4-2-3-8(5-9)13(15,16)17/h2-6,18H,1H3,(H,19,20,21). The fraction of sp³-hybridized carbons (Fsp3) is 0.154. The van der Waals surface area contributed by atoms with Gasteiger partial charge in [0.05, 0.1) is 16.8 Å². The largest absolute Gasteiger partial charge is 0.416 e. The van der Waals surface area contributed by atoms with Crippen LogP contribution < -0.4 is 5.32 Å². The van der Waals surface area contributed by atoms with E-state index < -0.39 is 11.7 Å². The summed E-state index contributed by atoms with van der Waals surface area (Å²) in [5, 5.41) is 10.0. The molecule has 0 bridgehead atoms. The summed E-state index contributed by atoms with van der Waals surface area (Å²) in [7, 11) is 0. The van der Waals surface area contributed by atoms with E-state index >= 15 is 0 Å². The van der Waals surface area contributed by atoms with Crippen molar-refractivity contribution >= 4 is 29.3 Å². The molecule has 0 atom stereocenters. The molecule has 0 spiro atoms. The number of nitrogens with one attached hydrogen (secondary N) is 2. The number of aromatic nitrogens is 2. The van der Waals surface area contributed by atoms with Crippen molar-refractivity contribution in [3.05, 3.63) is 46.4 Å². The van der Waals surface area contributed by atoms with Crippen molar-refractivity contribution < 1.29 is 13.2 Å². The van der Waals surface area contributed by atoms with Crippen LogP contribution in [-0.4, -0.2) is 16.2 Å². The maximum atomic E-state index is 12.7. The summed E-state index contributed by atoms with van der Waals surface area (Å²) in [5.41, 5.74) is 0.235. The number of alkyl halides is 3. The lowest BCUT2D eigenvalue weighted by atomic mass is 10.2. The normalized spacial score (nSPS) is 11.3. The van der Waals surface area contributed by atoms with Crippen LogP contribution in [0.2, 0.25) is 5.28 Å². The molecule has 8 heteroatoms. The quantitative estimate of drug-likeness (QED) is 0.659. The third-order valence-corrected chi connectivity index (χ3v) is 2.87. The van der Waals surface area contributed by atoms with E-state index in [9.17, 15) is 13.2 Å². The van der Waals surface area contributed by atoms with Crippen LogP contribution in [0.5, 0.6) is 0 Å². The van der Waals surface area contributed by atoms with Gasteiger partial charge < -0.3 is 10.7 Å². The topological polar surface area (TPSA) is 61.7 Å². The van der Waals surface area contributed by atoms with E-state index in [0.29, 0.717) is 11.3 Å². The van der Waals surface area contributed by atoms with Crippen molar-refractivity contribution in [2.45, 2.75) is 13.1 Å². The van der Waals surface area contributed by atoms with Gasteiger partial charge in [0.2, 0.25) is 5.28 Å². The van der Waals surface area contributed by atoms with Crippen molar-refractivity contribution in [2.24, 2.45) is 0 Å². The third-order valence-electron chi connectivity index (χ3n) is 2.71. The molecule has 0 aliphatic rings. The number of rotatable bonds is 3. The van der Waals surface area contributed by atoms with Gasteiger partial charge in [0.15, 0.2) is 0 Å². The Morgan fingerprint density at radius 3 is 2.62 bits per heavy atom. The minimum atomic E-state index is -4.43. The minimum absolute atomic E-state index is 0.0485. The van der Waals surface area contributed by atoms with Gasteiger partial charge in [0.1, 0.15) is 5.82 Å². The highest BCUT2D eigenvalue weighted by molar-refractivity contribution is 6.28. The first kappa shape index (κ1) is 15.2. The van der Waals surface area contributed by atoms with Crippen LogP contribution in [0.25, 0.3) is 0 Å². The predicted octanol–water partition coefficient (Wildman–Crippen LogP) is 4.20. The summed E-state index contributed by atoms with van der Waals surface area (Å²) in [6, 6.07) is 4.68. The summed E-state index contributed by atoms with van der Waals surface area (Å²) in [6.07, 6.45) is -3.41. The summed E-state index contributed by atoms with van der Waals surface area (Å²) in [5.74, 6) is 0.182. The van der Waals surface area contributed by atoms with Gasteiger partial charge in [-0.05, 0) is 36.7 Å². The van der Waals surface area contributed by atoms with Gasteiger partial charge in [0, 0.05) is 11.9 Å². The molecule has 0 saturated carbocycles. The van der Waals surface area contributed by atoms with Gasteiger partial charge in [-0.2, -0.15) is 18.2 Å². The molecular formula is C13H10ClF3N4. The molecule has 1 aromatic heterocycles. The number of hydrogen-bond donors (Lipinski definition) is 2. The molecule has 21 heavy (non-hydrogen) atoms. The van der Waals surface area contributed by atoms with Crippen molar-refractivity contribution in [3.63, 3.8) is 0 Å². The molecule has 2 N–H and O–H groups in total. The molecule has 0 amide bonds. The van der Waals surface area contributed by atoms with Crippen LogP contribution in [0, 0.1) is 12.3 Å². The molecule has 2 aromatic rings. The van der Waals surface area contributed by atoms with Gasteiger partial charge >= 0.3 is 6.18 Å². The highest BCUT2D eigenvalue weighted by Gasteiger charge is 2.30. The number of anilines is 2. The second-order valence-electron chi connectivity index (χ2n) is 4.19. The Labute approximate surface area is 123 Å². The van der Waals surface area contributed by atoms with Crippen LogP contribution >= 0.6 is 11.6 Å². The molecule has 0 radical (unpaired) electrons. The van der Waals surface area contributed by atoms with Gasteiger partial charge in [-0.1, -0.05) is 6.07 Å². The second-order valence-corrected chi connectivity index (χ2v) is 4.53. The lowest BCUT2D eigenvalue weighted by Crippen LogP contribution is -2.07. The fourth-order valence-electron chi connectivity index (χ4n) is 1.73. The molecule has 0 aliphatic carbocycles. The van der Waals surface area contributed by atoms with E-state index in [-0.39, 0.29) is 16.8 Å². The average Bonchev–Trinajstić information content (AvgIpc) is 2.37. The summed E-state index contributed by atoms with van der Waals surface area (Å²) in [4.78, 5) is 7.79. The predicted molar refractivity (Wildman–Crippen MR) is 74.4 cm³/mol. The van der Waals surface area contributed by atoms with Crippen LogP contribution in [0.15, 0.2) is 24.3 Å². The molecule has 1 aromatic carbocycles. The van der Waals surface area contributed by atoms with Crippen LogP contribution in [0.1, 0.15) is 16.8 Å². The molecule has 2 rings (SSSR count). The zero-order valence-electron chi connectivity index (χ0n) is 10.8. The van der Waals surface area contributed by atoms with Gasteiger partial charge in [-0.15, -0.1) is 0 Å². The second kappa shape index (κ2) is 5.69. The van der Waals surface area contributed by atoms with Gasteiger partial charge in [-0.25, -0.2) is 4.98 Å². The Balaban J connectivity index is 2.41. The van der Waals surface area contributed by atoms with E-state index in [4.69, 9.17) is 17.0 Å². The third kappa shape index (κ3) is 3.49. The Bertz CT molecular complexity index is 686. The highest BCUT2D eigenvalue weighted by Crippen LogP contribution is 2.31. The van der Waals surface area contributed by atoms with Crippen LogP contribution in [0.4, 0.5) is 24.7 Å². The molecule has 4 nitrogen and oxygen atoms in total. The van der Waals surface area contributed by atoms with Gasteiger partial charge in [-0.3, -0.25) is 0 Å². The van der Waals surface area contributed by atoms with Gasteiger partial charge in [0.25, 0.3) is 0 Å². The summed E-state index contributed by atoms with van der Waals surface area (Å²) in [6.45, 7) is 1.63. The zero-order chi connectivity index (χ0) is 15.6. The first-order valence-corrected chi connectivity index (χ1v) is 6.18. The van der Waals surface area contributed by atoms with E-state index in [2.05, 4.69) is 15.3 Å². The Kier molecular flexibility index (Phi) is 4.13. The van der Waals surface area contributed by atoms with Crippen LogP contribution in [-0.2, 0) is 6.18 Å². The number of halogens is 4. The number of nitrogens with zero attached hydrogens (tertiary/aromatic N) is 2. The monoisotopic (exact) mass is 314 g/mol. The lowest BCUT2D eigenvalue weighted by molar-refractivity contribution is -0.137. The van der Waals surface area contributed by atoms with E-state index in [0.717, 1.165) is 18.3 Å². The van der Waals surface area contributed by atoms with E-state index in [1.165, 1.54) is 12.1 Å². The zero-order valence-corrected chi connectivity index (χ0v) is 11.5. The summed E-state index contributed by atoms with van der Waals surface area (Å²) < 4.78 is 38.0. The van der Waals surface area contributed by atoms with Crippen molar-refractivity contribution in [1.29, 1.82) is 5.41 Å². The maximum absolute atomic E-state index is 12.7. The molecule has 0 aliphatic heterocycles. The number of benzene rings is 1. The number of hydrogen-bond acceptors (Lipinski definition) is 4. The fourth-order valence-corrected chi connectivity index (χ4v) is 1.94. The van der Waals surface area contributed by atoms with Crippen molar-refractivity contribution in [3.8, 4) is 0 Å². The average molecular weight is 315 g/mol. The highest BCUT2D eigenvalue weighted by atomic mass is 35.5. The smallest absolute Gasteiger partial charge is 0.340 e. The van der Waals surface area contributed by atoms with Crippen molar-refractivity contribution in [1.82, 2.24) is 9.97 Å². The van der Waals surface area contributed by atoms with E-state index in [1.54, 1.807) is 6.92 Å². The molecule has 0 unspecified atom stereocenters. The molecule has 0 saturated heterocycles. The molecular weight excluding hydrogens is 305 g/mol. The van der Waals surface area contributed by atoms with E-state index in [1.807, 2.05) is 0 Å².